The summed E-state index contributed by atoms with van der Waals surface area (Å²) < 4.78 is 12.9. The Morgan fingerprint density at radius 2 is 2.15 bits per heavy atom. The molecule has 0 saturated carbocycles. The standard InChI is InChI=1S/C15H20BrNO2S/c1-3-12-14(17-4-2)13-9(8-20-12)10(16)7-11-15(13)19-6-5-18-11/h7,12,14,17H,3-6,8H2,1-2H3. The fourth-order valence-electron chi connectivity index (χ4n) is 2.97. The van der Waals surface area contributed by atoms with Crippen LogP contribution >= 0.6 is 27.7 Å². The summed E-state index contributed by atoms with van der Waals surface area (Å²) in [7, 11) is 0. The molecule has 0 fully saturated rings. The summed E-state index contributed by atoms with van der Waals surface area (Å²) in [6.07, 6.45) is 1.16. The molecule has 3 rings (SSSR count). The normalized spacial score (nSPS) is 24.4. The summed E-state index contributed by atoms with van der Waals surface area (Å²) >= 11 is 5.73. The van der Waals surface area contributed by atoms with Crippen molar-refractivity contribution in [3.05, 3.63) is 21.7 Å². The number of thioether (sulfide) groups is 1. The average Bonchev–Trinajstić information content (AvgIpc) is 2.48. The topological polar surface area (TPSA) is 30.5 Å². The molecule has 2 atom stereocenters. The molecule has 0 radical (unpaired) electrons. The summed E-state index contributed by atoms with van der Waals surface area (Å²) in [5.74, 6) is 2.87. The zero-order chi connectivity index (χ0) is 14.1. The van der Waals surface area contributed by atoms with Crippen LogP contribution in [0.5, 0.6) is 11.5 Å². The summed E-state index contributed by atoms with van der Waals surface area (Å²) in [4.78, 5) is 0. The van der Waals surface area contributed by atoms with Gasteiger partial charge in [-0.05, 0) is 24.6 Å². The second-order valence-electron chi connectivity index (χ2n) is 5.07. The number of benzene rings is 1. The van der Waals surface area contributed by atoms with Crippen LogP contribution in [0.1, 0.15) is 37.4 Å². The summed E-state index contributed by atoms with van der Waals surface area (Å²) in [6.45, 7) is 6.66. The first-order valence-electron chi connectivity index (χ1n) is 7.22. The van der Waals surface area contributed by atoms with Crippen molar-refractivity contribution >= 4 is 27.7 Å². The van der Waals surface area contributed by atoms with Crippen LogP contribution in [0.4, 0.5) is 0 Å². The van der Waals surface area contributed by atoms with Crippen LogP contribution in [0.25, 0.3) is 0 Å². The van der Waals surface area contributed by atoms with Gasteiger partial charge in [0.05, 0.1) is 0 Å². The molecule has 5 heteroatoms. The van der Waals surface area contributed by atoms with E-state index in [1.807, 2.05) is 11.8 Å². The second-order valence-corrected chi connectivity index (χ2v) is 7.15. The monoisotopic (exact) mass is 357 g/mol. The fraction of sp³-hybridized carbons (Fsp3) is 0.600. The van der Waals surface area contributed by atoms with Gasteiger partial charge in [-0.25, -0.2) is 0 Å². The van der Waals surface area contributed by atoms with E-state index in [1.54, 1.807) is 0 Å². The predicted molar refractivity (Wildman–Crippen MR) is 86.9 cm³/mol. The number of hydrogen-bond acceptors (Lipinski definition) is 4. The van der Waals surface area contributed by atoms with Crippen LogP contribution in [-0.4, -0.2) is 25.0 Å². The predicted octanol–water partition coefficient (Wildman–Crippen LogP) is 3.90. The maximum atomic E-state index is 5.95. The fourth-order valence-corrected chi connectivity index (χ4v) is 5.07. The molecule has 2 aliphatic rings. The third-order valence-electron chi connectivity index (χ3n) is 3.88. The zero-order valence-electron chi connectivity index (χ0n) is 11.9. The molecule has 0 bridgehead atoms. The van der Waals surface area contributed by atoms with E-state index < -0.39 is 0 Å². The van der Waals surface area contributed by atoms with E-state index >= 15 is 0 Å². The van der Waals surface area contributed by atoms with E-state index in [4.69, 9.17) is 9.47 Å². The molecule has 20 heavy (non-hydrogen) atoms. The first-order chi connectivity index (χ1) is 9.76. The Bertz CT molecular complexity index is 509. The minimum absolute atomic E-state index is 0.340. The molecule has 2 unspecified atom stereocenters. The third kappa shape index (κ3) is 2.44. The summed E-state index contributed by atoms with van der Waals surface area (Å²) in [5.41, 5.74) is 2.66. The van der Waals surface area contributed by atoms with Gasteiger partial charge in [0.25, 0.3) is 0 Å². The Morgan fingerprint density at radius 3 is 2.90 bits per heavy atom. The molecule has 1 N–H and O–H groups in total. The van der Waals surface area contributed by atoms with Crippen LogP contribution < -0.4 is 14.8 Å². The molecule has 0 saturated heterocycles. The van der Waals surface area contributed by atoms with Gasteiger partial charge < -0.3 is 14.8 Å². The molecular formula is C15H20BrNO2S. The van der Waals surface area contributed by atoms with E-state index in [1.165, 1.54) is 11.1 Å². The van der Waals surface area contributed by atoms with E-state index in [0.29, 0.717) is 24.5 Å². The van der Waals surface area contributed by atoms with Crippen molar-refractivity contribution in [1.29, 1.82) is 0 Å². The van der Waals surface area contributed by atoms with E-state index in [9.17, 15) is 0 Å². The lowest BCUT2D eigenvalue weighted by atomic mass is 9.94. The van der Waals surface area contributed by atoms with Crippen molar-refractivity contribution in [2.75, 3.05) is 19.8 Å². The van der Waals surface area contributed by atoms with Crippen LogP contribution in [-0.2, 0) is 5.75 Å². The molecule has 2 aliphatic heterocycles. The van der Waals surface area contributed by atoms with Crippen molar-refractivity contribution in [3.8, 4) is 11.5 Å². The maximum Gasteiger partial charge on any atom is 0.166 e. The number of fused-ring (bicyclic) bond motifs is 3. The van der Waals surface area contributed by atoms with Crippen molar-refractivity contribution in [2.24, 2.45) is 0 Å². The lowest BCUT2D eigenvalue weighted by molar-refractivity contribution is 0.168. The Labute approximate surface area is 132 Å². The quantitative estimate of drug-likeness (QED) is 0.888. The van der Waals surface area contributed by atoms with Gasteiger partial charge in [-0.1, -0.05) is 29.8 Å². The van der Waals surface area contributed by atoms with E-state index in [0.717, 1.165) is 34.7 Å². The largest absolute Gasteiger partial charge is 0.486 e. The molecule has 0 amide bonds. The molecule has 2 heterocycles. The highest BCUT2D eigenvalue weighted by atomic mass is 79.9. The lowest BCUT2D eigenvalue weighted by Crippen LogP contribution is -2.34. The molecule has 110 valence electrons. The van der Waals surface area contributed by atoms with E-state index in [2.05, 4.69) is 41.2 Å². The van der Waals surface area contributed by atoms with Crippen molar-refractivity contribution < 1.29 is 9.47 Å². The Kier molecular flexibility index (Phi) is 4.48. The SMILES string of the molecule is CCNC1c2c(c(Br)cc3c2OCCO3)CSC1CC. The first kappa shape index (κ1) is 14.5. The zero-order valence-corrected chi connectivity index (χ0v) is 14.3. The molecule has 0 aliphatic carbocycles. The molecule has 0 spiro atoms. The van der Waals surface area contributed by atoms with Gasteiger partial charge in [-0.15, -0.1) is 0 Å². The van der Waals surface area contributed by atoms with Gasteiger partial charge in [0.2, 0.25) is 0 Å². The van der Waals surface area contributed by atoms with Crippen LogP contribution in [0, 0.1) is 0 Å². The molecule has 1 aromatic carbocycles. The van der Waals surface area contributed by atoms with Crippen molar-refractivity contribution in [2.45, 2.75) is 37.3 Å². The van der Waals surface area contributed by atoms with Gasteiger partial charge in [-0.2, -0.15) is 11.8 Å². The Hall–Kier alpha value is -0.390. The number of nitrogens with one attached hydrogen (secondary N) is 1. The van der Waals surface area contributed by atoms with Gasteiger partial charge in [0.1, 0.15) is 13.2 Å². The summed E-state index contributed by atoms with van der Waals surface area (Å²) in [6, 6.07) is 2.40. The Morgan fingerprint density at radius 1 is 1.35 bits per heavy atom. The second kappa shape index (κ2) is 6.16. The number of halogens is 1. The smallest absolute Gasteiger partial charge is 0.166 e. The molecule has 3 nitrogen and oxygen atoms in total. The molecular weight excluding hydrogens is 338 g/mol. The number of rotatable bonds is 3. The van der Waals surface area contributed by atoms with Crippen molar-refractivity contribution in [3.63, 3.8) is 0 Å². The van der Waals surface area contributed by atoms with Crippen molar-refractivity contribution in [1.82, 2.24) is 5.32 Å². The highest BCUT2D eigenvalue weighted by molar-refractivity contribution is 9.10. The van der Waals surface area contributed by atoms with Crippen LogP contribution in [0.15, 0.2) is 10.5 Å². The van der Waals surface area contributed by atoms with Gasteiger partial charge in [0.15, 0.2) is 11.5 Å². The third-order valence-corrected chi connectivity index (χ3v) is 6.07. The minimum Gasteiger partial charge on any atom is -0.486 e. The molecule has 0 aromatic heterocycles. The van der Waals surface area contributed by atoms with Gasteiger partial charge >= 0.3 is 0 Å². The van der Waals surface area contributed by atoms with Gasteiger partial charge in [-0.3, -0.25) is 0 Å². The minimum atomic E-state index is 0.340. The maximum absolute atomic E-state index is 5.95. The molecule has 1 aromatic rings. The average molecular weight is 358 g/mol. The Balaban J connectivity index is 2.13. The van der Waals surface area contributed by atoms with Gasteiger partial charge in [0, 0.05) is 27.1 Å². The first-order valence-corrected chi connectivity index (χ1v) is 9.06. The van der Waals surface area contributed by atoms with Crippen LogP contribution in [0.3, 0.4) is 0 Å². The highest BCUT2D eigenvalue weighted by Gasteiger charge is 2.35. The number of hydrogen-bond donors (Lipinski definition) is 1. The van der Waals surface area contributed by atoms with Crippen LogP contribution in [0.2, 0.25) is 0 Å². The highest BCUT2D eigenvalue weighted by Crippen LogP contribution is 2.50. The number of ether oxygens (including phenoxy) is 2. The lowest BCUT2D eigenvalue weighted by Gasteiger charge is -2.36. The summed E-state index contributed by atoms with van der Waals surface area (Å²) in [5, 5.41) is 4.23. The van der Waals surface area contributed by atoms with E-state index in [-0.39, 0.29) is 0 Å².